The number of rotatable bonds is 14. The number of hydrogen-bond acceptors (Lipinski definition) is 5. The van der Waals surface area contributed by atoms with Gasteiger partial charge in [0, 0.05) is 51.7 Å². The minimum absolute atomic E-state index is 0.145. The Morgan fingerprint density at radius 2 is 1.91 bits per heavy atom. The van der Waals surface area contributed by atoms with E-state index in [1.807, 2.05) is 23.1 Å². The predicted molar refractivity (Wildman–Crippen MR) is 181 cm³/mol. The van der Waals surface area contributed by atoms with Crippen LogP contribution in [0.4, 0.5) is 9.59 Å². The monoisotopic (exact) mass is 651 g/mol. The average Bonchev–Trinajstić information content (AvgIpc) is 2.96. The lowest BCUT2D eigenvalue weighted by Crippen LogP contribution is -2.54. The second-order valence-electron chi connectivity index (χ2n) is 14.7. The van der Waals surface area contributed by atoms with Gasteiger partial charge in [0.05, 0.1) is 18.3 Å². The number of likely N-dealkylation sites (tertiary alicyclic amines) is 1. The van der Waals surface area contributed by atoms with Crippen LogP contribution >= 0.6 is 11.6 Å². The lowest BCUT2D eigenvalue weighted by molar-refractivity contribution is -0.0570. The molecule has 4 atom stereocenters. The second-order valence-corrected chi connectivity index (χ2v) is 20.7. The fraction of sp³-hybridized carbons (Fsp3) is 0.765. The number of carbonyl (C=O) groups is 2. The summed E-state index contributed by atoms with van der Waals surface area (Å²) in [6.45, 7) is 10.4. The second kappa shape index (κ2) is 17.2. The Morgan fingerprint density at radius 3 is 2.57 bits per heavy atom. The Morgan fingerprint density at radius 1 is 1.18 bits per heavy atom. The Kier molecular flexibility index (Phi) is 14.3. The van der Waals surface area contributed by atoms with Crippen LogP contribution in [0.3, 0.4) is 0 Å². The Hall–Kier alpha value is -1.81. The first-order chi connectivity index (χ1) is 20.8. The number of amides is 3. The smallest absolute Gasteiger partial charge is 0.409 e. The highest BCUT2D eigenvalue weighted by Crippen LogP contribution is 2.40. The first-order valence-corrected chi connectivity index (χ1v) is 20.9. The number of halogens is 1. The average molecular weight is 652 g/mol. The zero-order valence-electron chi connectivity index (χ0n) is 27.8. The standard InChI is InChI=1S/C34H58ClN3O5Si/c1-26(39)12-10-18-34(42,28-15-9-17-30(35)23-28)29-16-11-19-38(24-29)32(40)36-31(22-27-13-7-6-8-14-27)25-37(2)33(41)43-20-21-44(3,4)5/h9,15,17,23,26-27,29,31,39,42H,6-8,10-14,16,18-22,24-25H2,1-5H3,(H,36,40)/t26?,29-,31+,34-/m1/s1. The van der Waals surface area contributed by atoms with Crippen LogP contribution < -0.4 is 5.32 Å². The summed E-state index contributed by atoms with van der Waals surface area (Å²) in [4.78, 5) is 30.1. The van der Waals surface area contributed by atoms with Crippen LogP contribution in [0.15, 0.2) is 24.3 Å². The third kappa shape index (κ3) is 11.8. The van der Waals surface area contributed by atoms with Crippen LogP contribution in [0.2, 0.25) is 30.7 Å². The highest BCUT2D eigenvalue weighted by molar-refractivity contribution is 6.76. The van der Waals surface area contributed by atoms with Gasteiger partial charge in [-0.25, -0.2) is 9.59 Å². The molecule has 0 bridgehead atoms. The van der Waals surface area contributed by atoms with Gasteiger partial charge >= 0.3 is 12.1 Å². The zero-order chi connectivity index (χ0) is 32.3. The topological polar surface area (TPSA) is 102 Å². The number of likely N-dealkylation sites (N-methyl/N-ethyl adjacent to an activating group) is 1. The van der Waals surface area contributed by atoms with Crippen LogP contribution in [0.25, 0.3) is 0 Å². The van der Waals surface area contributed by atoms with Gasteiger partial charge in [-0.05, 0) is 75.1 Å². The number of urea groups is 1. The van der Waals surface area contributed by atoms with Crippen molar-refractivity contribution in [2.24, 2.45) is 11.8 Å². The SMILES string of the molecule is CC(O)CCC[C@@](O)(c1cccc(Cl)c1)[C@@H]1CCCN(C(=O)N[C@@H](CC2CCCCC2)CN(C)C(=O)OCC[Si](C)(C)C)C1. The molecule has 1 saturated carbocycles. The zero-order valence-corrected chi connectivity index (χ0v) is 29.6. The van der Waals surface area contributed by atoms with Gasteiger partial charge in [-0.2, -0.15) is 0 Å². The molecule has 8 nitrogen and oxygen atoms in total. The maximum atomic E-state index is 13.8. The Balaban J connectivity index is 1.70. The van der Waals surface area contributed by atoms with E-state index in [1.165, 1.54) is 19.3 Å². The van der Waals surface area contributed by atoms with E-state index in [1.54, 1.807) is 24.9 Å². The molecule has 1 aromatic rings. The summed E-state index contributed by atoms with van der Waals surface area (Å²) in [5.41, 5.74) is -0.410. The quantitative estimate of drug-likeness (QED) is 0.184. The van der Waals surface area contributed by atoms with Crippen LogP contribution in [0.5, 0.6) is 0 Å². The van der Waals surface area contributed by atoms with Gasteiger partial charge in [0.15, 0.2) is 0 Å². The summed E-state index contributed by atoms with van der Waals surface area (Å²) < 4.78 is 5.59. The van der Waals surface area contributed by atoms with Gasteiger partial charge in [-0.3, -0.25) is 0 Å². The van der Waals surface area contributed by atoms with E-state index in [2.05, 4.69) is 25.0 Å². The number of nitrogens with zero attached hydrogens (tertiary/aromatic N) is 2. The van der Waals surface area contributed by atoms with E-state index < -0.39 is 19.8 Å². The van der Waals surface area contributed by atoms with E-state index in [-0.39, 0.29) is 24.1 Å². The van der Waals surface area contributed by atoms with E-state index in [0.29, 0.717) is 56.4 Å². The molecule has 250 valence electrons. The largest absolute Gasteiger partial charge is 0.450 e. The molecule has 3 N–H and O–H groups in total. The number of hydrogen-bond donors (Lipinski definition) is 3. The molecule has 0 aromatic heterocycles. The minimum Gasteiger partial charge on any atom is -0.450 e. The van der Waals surface area contributed by atoms with E-state index in [0.717, 1.165) is 43.7 Å². The summed E-state index contributed by atoms with van der Waals surface area (Å²) in [6, 6.07) is 7.98. The van der Waals surface area contributed by atoms with Gasteiger partial charge in [0.1, 0.15) is 0 Å². The fourth-order valence-electron chi connectivity index (χ4n) is 6.79. The van der Waals surface area contributed by atoms with Gasteiger partial charge in [-0.1, -0.05) is 75.5 Å². The third-order valence-corrected chi connectivity index (χ3v) is 11.4. The molecule has 2 fully saturated rings. The van der Waals surface area contributed by atoms with Crippen molar-refractivity contribution in [2.45, 2.75) is 121 Å². The van der Waals surface area contributed by atoms with Gasteiger partial charge in [0.2, 0.25) is 0 Å². The normalized spacial score (nSPS) is 20.8. The predicted octanol–water partition coefficient (Wildman–Crippen LogP) is 7.25. The van der Waals surface area contributed by atoms with E-state index in [9.17, 15) is 19.8 Å². The Bertz CT molecular complexity index is 1050. The lowest BCUT2D eigenvalue weighted by Gasteiger charge is -2.43. The summed E-state index contributed by atoms with van der Waals surface area (Å²) in [5, 5.41) is 25.9. The molecule has 1 aliphatic heterocycles. The molecule has 1 saturated heterocycles. The van der Waals surface area contributed by atoms with Crippen molar-refractivity contribution in [1.29, 1.82) is 0 Å². The van der Waals surface area contributed by atoms with Gasteiger partial charge in [0.25, 0.3) is 0 Å². The molecule has 1 aliphatic carbocycles. The molecule has 44 heavy (non-hydrogen) atoms. The maximum Gasteiger partial charge on any atom is 0.409 e. The molecule has 1 unspecified atom stereocenters. The third-order valence-electron chi connectivity index (χ3n) is 9.44. The van der Waals surface area contributed by atoms with Crippen LogP contribution in [-0.2, 0) is 10.3 Å². The lowest BCUT2D eigenvalue weighted by atomic mass is 9.74. The van der Waals surface area contributed by atoms with Crippen molar-refractivity contribution >= 4 is 31.8 Å². The fourth-order valence-corrected chi connectivity index (χ4v) is 7.70. The number of ether oxygens (including phenoxy) is 1. The molecular formula is C34H58ClN3O5Si. The van der Waals surface area contributed by atoms with E-state index in [4.69, 9.17) is 16.3 Å². The molecule has 0 spiro atoms. The Labute approximate surface area is 271 Å². The summed E-state index contributed by atoms with van der Waals surface area (Å²) in [5.74, 6) is 0.358. The van der Waals surface area contributed by atoms with Crippen molar-refractivity contribution in [3.8, 4) is 0 Å². The van der Waals surface area contributed by atoms with Gasteiger partial charge < -0.3 is 30.1 Å². The first-order valence-electron chi connectivity index (χ1n) is 16.9. The number of piperidine rings is 1. The molecular weight excluding hydrogens is 594 g/mol. The maximum absolute atomic E-state index is 13.8. The van der Waals surface area contributed by atoms with Crippen molar-refractivity contribution in [2.75, 3.05) is 33.3 Å². The highest BCUT2D eigenvalue weighted by Gasteiger charge is 2.41. The molecule has 1 heterocycles. The number of carbonyl (C=O) groups excluding carboxylic acids is 2. The van der Waals surface area contributed by atoms with Crippen molar-refractivity contribution in [3.05, 3.63) is 34.9 Å². The molecule has 3 amide bonds. The summed E-state index contributed by atoms with van der Waals surface area (Å²) in [7, 11) is 0.444. The van der Waals surface area contributed by atoms with Crippen molar-refractivity contribution in [1.82, 2.24) is 15.1 Å². The number of aliphatic hydroxyl groups excluding tert-OH is 1. The minimum atomic E-state index is -1.31. The summed E-state index contributed by atoms with van der Waals surface area (Å²) in [6.07, 6.45) is 9.36. The van der Waals surface area contributed by atoms with Crippen molar-refractivity contribution in [3.63, 3.8) is 0 Å². The number of nitrogens with one attached hydrogen (secondary N) is 1. The van der Waals surface area contributed by atoms with Crippen LogP contribution in [0, 0.1) is 11.8 Å². The van der Waals surface area contributed by atoms with E-state index >= 15 is 0 Å². The van der Waals surface area contributed by atoms with Crippen LogP contribution in [0.1, 0.15) is 83.1 Å². The molecule has 1 aromatic carbocycles. The molecule has 3 rings (SSSR count). The van der Waals surface area contributed by atoms with Crippen molar-refractivity contribution < 1.29 is 24.5 Å². The molecule has 10 heteroatoms. The highest BCUT2D eigenvalue weighted by atomic mass is 35.5. The number of aliphatic hydroxyl groups is 2. The van der Waals surface area contributed by atoms with Crippen LogP contribution in [-0.4, -0.2) is 85.6 Å². The molecule has 2 aliphatic rings. The van der Waals surface area contributed by atoms with Gasteiger partial charge in [-0.15, -0.1) is 0 Å². The summed E-state index contributed by atoms with van der Waals surface area (Å²) >= 11 is 6.34. The first kappa shape index (κ1) is 36.7. The molecule has 0 radical (unpaired) electrons. The number of benzene rings is 1.